The van der Waals surface area contributed by atoms with Gasteiger partial charge in [-0.15, -0.1) is 0 Å². The largest absolute Gasteiger partial charge is 0.480 e. The van der Waals surface area contributed by atoms with Gasteiger partial charge in [0.1, 0.15) is 11.6 Å². The van der Waals surface area contributed by atoms with Crippen LogP contribution in [0.5, 0.6) is 0 Å². The quantitative estimate of drug-likeness (QED) is 0.786. The molecule has 27 heavy (non-hydrogen) atoms. The lowest BCUT2D eigenvalue weighted by Gasteiger charge is -2.38. The molecule has 150 valence electrons. The van der Waals surface area contributed by atoms with Crippen LogP contribution in [0.1, 0.15) is 66.5 Å². The molecule has 1 aliphatic rings. The maximum Gasteiger partial charge on any atom is 0.326 e. The van der Waals surface area contributed by atoms with Gasteiger partial charge in [0.2, 0.25) is 5.91 Å². The van der Waals surface area contributed by atoms with Gasteiger partial charge in [-0.25, -0.2) is 4.79 Å². The zero-order valence-electron chi connectivity index (χ0n) is 17.0. The minimum absolute atomic E-state index is 0.0135. The van der Waals surface area contributed by atoms with E-state index >= 15 is 0 Å². The van der Waals surface area contributed by atoms with Gasteiger partial charge < -0.3 is 14.7 Å². The number of likely N-dealkylation sites (tertiary alicyclic amines) is 1. The maximum absolute atomic E-state index is 13.2. The Morgan fingerprint density at radius 3 is 2.22 bits per heavy atom. The molecule has 0 aliphatic carbocycles. The summed E-state index contributed by atoms with van der Waals surface area (Å²) in [6.07, 6.45) is 0.0135. The number of hydrogen-bond donors (Lipinski definition) is 1. The molecule has 0 bridgehead atoms. The van der Waals surface area contributed by atoms with Crippen molar-refractivity contribution in [3.63, 3.8) is 0 Å². The Balaban J connectivity index is 2.62. The molecule has 1 amide bonds. The predicted octanol–water partition coefficient (Wildman–Crippen LogP) is 3.87. The zero-order chi connectivity index (χ0) is 20.8. The third kappa shape index (κ3) is 4.18. The van der Waals surface area contributed by atoms with E-state index in [-0.39, 0.29) is 12.3 Å². The van der Waals surface area contributed by atoms with Crippen molar-refractivity contribution in [3.05, 3.63) is 22.4 Å². The van der Waals surface area contributed by atoms with E-state index in [9.17, 15) is 19.5 Å². The van der Waals surface area contributed by atoms with Crippen molar-refractivity contribution in [1.82, 2.24) is 4.90 Å². The Kier molecular flexibility index (Phi) is 5.49. The van der Waals surface area contributed by atoms with Gasteiger partial charge in [0.25, 0.3) is 0 Å². The molecule has 1 saturated heterocycles. The SMILES string of the molecule is CC(C)(C)OC(=O)[C@]1(C)C[C@H](C(=O)O)N(C(=O)C(C)(C)C)[C@H]1c1ccsc1. The number of esters is 1. The first-order chi connectivity index (χ1) is 12.2. The second-order valence-electron chi connectivity index (χ2n) is 9.40. The molecule has 2 rings (SSSR count). The molecule has 1 aromatic rings. The first kappa shape index (κ1) is 21.4. The summed E-state index contributed by atoms with van der Waals surface area (Å²) >= 11 is 1.45. The van der Waals surface area contributed by atoms with E-state index < -0.39 is 40.5 Å². The number of nitrogens with zero attached hydrogens (tertiary/aromatic N) is 1. The first-order valence-corrected chi connectivity index (χ1v) is 9.94. The smallest absolute Gasteiger partial charge is 0.326 e. The summed E-state index contributed by atoms with van der Waals surface area (Å²) in [5.74, 6) is -1.89. The van der Waals surface area contributed by atoms with Crippen LogP contribution in [0.4, 0.5) is 0 Å². The molecule has 1 aromatic heterocycles. The van der Waals surface area contributed by atoms with Crippen molar-refractivity contribution in [3.8, 4) is 0 Å². The van der Waals surface area contributed by atoms with E-state index in [1.807, 2.05) is 16.8 Å². The van der Waals surface area contributed by atoms with Gasteiger partial charge in [-0.2, -0.15) is 11.3 Å². The fourth-order valence-electron chi connectivity index (χ4n) is 3.50. The fraction of sp³-hybridized carbons (Fsp3) is 0.650. The lowest BCUT2D eigenvalue weighted by atomic mass is 9.78. The van der Waals surface area contributed by atoms with Gasteiger partial charge in [-0.1, -0.05) is 20.8 Å². The normalized spacial score (nSPS) is 26.1. The van der Waals surface area contributed by atoms with E-state index in [1.165, 1.54) is 16.2 Å². The van der Waals surface area contributed by atoms with Gasteiger partial charge in [0.05, 0.1) is 11.5 Å². The van der Waals surface area contributed by atoms with Crippen molar-refractivity contribution >= 4 is 29.2 Å². The summed E-state index contributed by atoms with van der Waals surface area (Å²) in [5.41, 5.74) is -1.88. The molecule has 1 fully saturated rings. The van der Waals surface area contributed by atoms with Gasteiger partial charge in [-0.05, 0) is 56.5 Å². The Hall–Kier alpha value is -1.89. The molecule has 0 radical (unpaired) electrons. The molecule has 0 unspecified atom stereocenters. The van der Waals surface area contributed by atoms with Crippen molar-refractivity contribution in [2.75, 3.05) is 0 Å². The molecule has 1 N–H and O–H groups in total. The lowest BCUT2D eigenvalue weighted by Crippen LogP contribution is -2.48. The zero-order valence-corrected chi connectivity index (χ0v) is 17.8. The molecule has 0 saturated carbocycles. The van der Waals surface area contributed by atoms with E-state index in [1.54, 1.807) is 48.5 Å². The molecule has 6 nitrogen and oxygen atoms in total. The average Bonchev–Trinajstić information content (AvgIpc) is 3.09. The Morgan fingerprint density at radius 2 is 1.81 bits per heavy atom. The predicted molar refractivity (Wildman–Crippen MR) is 103 cm³/mol. The number of carboxylic acid groups (broad SMARTS) is 1. The van der Waals surface area contributed by atoms with Crippen LogP contribution < -0.4 is 0 Å². The van der Waals surface area contributed by atoms with E-state index in [0.29, 0.717) is 0 Å². The molecule has 0 aromatic carbocycles. The molecule has 7 heteroatoms. The van der Waals surface area contributed by atoms with Gasteiger partial charge in [0, 0.05) is 5.41 Å². The van der Waals surface area contributed by atoms with Crippen LogP contribution in [0.25, 0.3) is 0 Å². The highest BCUT2D eigenvalue weighted by Crippen LogP contribution is 2.52. The second-order valence-corrected chi connectivity index (χ2v) is 10.2. The van der Waals surface area contributed by atoms with Crippen LogP contribution in [0.2, 0.25) is 0 Å². The number of amides is 1. The number of carbonyl (C=O) groups excluding carboxylic acids is 2. The first-order valence-electron chi connectivity index (χ1n) is 8.99. The highest BCUT2D eigenvalue weighted by atomic mass is 32.1. The topological polar surface area (TPSA) is 83.9 Å². The number of carbonyl (C=O) groups is 3. The van der Waals surface area contributed by atoms with Crippen LogP contribution in [0.3, 0.4) is 0 Å². The summed E-state index contributed by atoms with van der Waals surface area (Å²) < 4.78 is 5.63. The Morgan fingerprint density at radius 1 is 1.22 bits per heavy atom. The summed E-state index contributed by atoms with van der Waals surface area (Å²) in [7, 11) is 0. The van der Waals surface area contributed by atoms with Crippen LogP contribution in [-0.4, -0.2) is 39.5 Å². The number of rotatable bonds is 3. The summed E-state index contributed by atoms with van der Waals surface area (Å²) in [6, 6.07) is 0.0658. The summed E-state index contributed by atoms with van der Waals surface area (Å²) in [5, 5.41) is 13.5. The number of thiophene rings is 1. The van der Waals surface area contributed by atoms with Crippen molar-refractivity contribution in [2.24, 2.45) is 10.8 Å². The minimum atomic E-state index is -1.15. The monoisotopic (exact) mass is 395 g/mol. The summed E-state index contributed by atoms with van der Waals surface area (Å²) in [6.45, 7) is 12.3. The van der Waals surface area contributed by atoms with Crippen LogP contribution in [0.15, 0.2) is 16.8 Å². The van der Waals surface area contributed by atoms with E-state index in [2.05, 4.69) is 0 Å². The maximum atomic E-state index is 13.2. The number of hydrogen-bond acceptors (Lipinski definition) is 5. The summed E-state index contributed by atoms with van der Waals surface area (Å²) in [4.78, 5) is 39.7. The number of aliphatic carboxylic acids is 1. The minimum Gasteiger partial charge on any atom is -0.480 e. The highest BCUT2D eigenvalue weighted by Gasteiger charge is 2.60. The van der Waals surface area contributed by atoms with Crippen LogP contribution in [-0.2, 0) is 19.1 Å². The standard InChI is InChI=1S/C20H29NO5S/c1-18(2,3)16(24)21-13(15(22)23)10-20(7,17(25)26-19(4,5)6)14(21)12-8-9-27-11-12/h8-9,11,13-14H,10H2,1-7H3,(H,22,23)/t13-,14+,20-/m1/s1. The van der Waals surface area contributed by atoms with E-state index in [4.69, 9.17) is 4.74 Å². The van der Waals surface area contributed by atoms with Crippen molar-refractivity contribution < 1.29 is 24.2 Å². The number of carboxylic acids is 1. The van der Waals surface area contributed by atoms with Gasteiger partial charge in [0.15, 0.2) is 0 Å². The third-order valence-corrected chi connectivity index (χ3v) is 5.42. The highest BCUT2D eigenvalue weighted by molar-refractivity contribution is 7.08. The molecular weight excluding hydrogens is 366 g/mol. The second kappa shape index (κ2) is 6.93. The molecule has 0 spiro atoms. The third-order valence-electron chi connectivity index (χ3n) is 4.72. The average molecular weight is 396 g/mol. The van der Waals surface area contributed by atoms with Crippen LogP contribution in [0, 0.1) is 10.8 Å². The Labute approximate surface area is 164 Å². The lowest BCUT2D eigenvalue weighted by molar-refractivity contribution is -0.169. The number of ether oxygens (including phenoxy) is 1. The van der Waals surface area contributed by atoms with E-state index in [0.717, 1.165) is 5.56 Å². The molecular formula is C20H29NO5S. The molecule has 2 heterocycles. The molecule has 1 aliphatic heterocycles. The van der Waals surface area contributed by atoms with Gasteiger partial charge in [-0.3, -0.25) is 9.59 Å². The van der Waals surface area contributed by atoms with Crippen molar-refractivity contribution in [2.45, 2.75) is 72.6 Å². The fourth-order valence-corrected chi connectivity index (χ4v) is 4.18. The van der Waals surface area contributed by atoms with Crippen LogP contribution >= 0.6 is 11.3 Å². The van der Waals surface area contributed by atoms with Gasteiger partial charge >= 0.3 is 11.9 Å². The van der Waals surface area contributed by atoms with Crippen molar-refractivity contribution in [1.29, 1.82) is 0 Å². The molecule has 3 atom stereocenters. The Bertz CT molecular complexity index is 729.